The van der Waals surface area contributed by atoms with Crippen LogP contribution in [-0.4, -0.2) is 19.2 Å². The van der Waals surface area contributed by atoms with Crippen LogP contribution in [0.2, 0.25) is 18.1 Å². The van der Waals surface area contributed by atoms with E-state index in [-0.39, 0.29) is 10.8 Å². The van der Waals surface area contributed by atoms with Crippen molar-refractivity contribution in [1.82, 2.24) is 0 Å². The third kappa shape index (κ3) is 4.45. The first kappa shape index (κ1) is 20.9. The van der Waals surface area contributed by atoms with Gasteiger partial charge in [0, 0.05) is 16.5 Å². The van der Waals surface area contributed by atoms with Gasteiger partial charge in [0.1, 0.15) is 11.9 Å². The van der Waals surface area contributed by atoms with Crippen LogP contribution in [0.15, 0.2) is 48.5 Å². The topological polar surface area (TPSA) is 46.5 Å². The number of carbonyl (C=O) groups excluding carboxylic acids is 1. The van der Waals surface area contributed by atoms with Gasteiger partial charge < -0.3 is 9.53 Å². The van der Waals surface area contributed by atoms with Crippen molar-refractivity contribution in [3.63, 3.8) is 0 Å². The zero-order valence-electron chi connectivity index (χ0n) is 16.0. The van der Waals surface area contributed by atoms with E-state index in [4.69, 9.17) is 4.43 Å². The largest absolute Gasteiger partial charge is 0.543 e. The van der Waals surface area contributed by atoms with Gasteiger partial charge in [-0.05, 0) is 29.8 Å². The molecule has 2 aromatic rings. The Morgan fingerprint density at radius 3 is 2.27 bits per heavy atom. The van der Waals surface area contributed by atoms with Gasteiger partial charge in [0.05, 0.1) is 0 Å². The molecule has 0 saturated heterocycles. The Hall–Kier alpha value is -1.43. The summed E-state index contributed by atoms with van der Waals surface area (Å²) in [7, 11) is -2.04. The number of hydrogen-bond acceptors (Lipinski definition) is 3. The maximum atomic E-state index is 12.9. The number of hydrogen-bond donors (Lipinski definition) is 1. The smallest absolute Gasteiger partial charge is 0.250 e. The molecular formula is C21H27BrO3Si. The molecule has 3 nitrogen and oxygen atoms in total. The van der Waals surface area contributed by atoms with Crippen molar-refractivity contribution in [1.29, 1.82) is 0 Å². The van der Waals surface area contributed by atoms with Gasteiger partial charge in [0.25, 0.3) is 0 Å². The normalized spacial score (nSPS) is 13.3. The minimum absolute atomic E-state index is 0.0557. The lowest BCUT2D eigenvalue weighted by atomic mass is 9.96. The molecule has 0 aromatic heterocycles. The van der Waals surface area contributed by atoms with Crippen LogP contribution < -0.4 is 4.43 Å². The zero-order valence-corrected chi connectivity index (χ0v) is 18.6. The summed E-state index contributed by atoms with van der Waals surface area (Å²) < 4.78 is 6.44. The molecule has 0 aliphatic rings. The number of alkyl halides is 1. The van der Waals surface area contributed by atoms with Gasteiger partial charge in [-0.1, -0.05) is 79.2 Å². The van der Waals surface area contributed by atoms with E-state index in [1.165, 1.54) is 0 Å². The number of aliphatic hydroxyl groups excluding tert-OH is 1. The van der Waals surface area contributed by atoms with Crippen molar-refractivity contribution in [2.45, 2.75) is 50.3 Å². The number of rotatable bonds is 6. The Kier molecular flexibility index (Phi) is 6.48. The third-order valence-corrected chi connectivity index (χ3v) is 9.97. The maximum Gasteiger partial charge on any atom is 0.250 e. The molecular weight excluding hydrogens is 408 g/mol. The van der Waals surface area contributed by atoms with Gasteiger partial charge in [-0.3, -0.25) is 4.79 Å². The standard InChI is InChI=1S/C21H27BrO3Si/c1-21(2,3)26(4,5)25-18-13-9-12-16(17(18)14-22)20(24)19(23)15-10-7-6-8-11-15/h6-13,19,23H,14H2,1-5H3. The van der Waals surface area contributed by atoms with Gasteiger partial charge in [0.2, 0.25) is 8.32 Å². The molecule has 0 saturated carbocycles. The summed E-state index contributed by atoms with van der Waals surface area (Å²) in [5.41, 5.74) is 1.88. The van der Waals surface area contributed by atoms with Crippen molar-refractivity contribution in [2.24, 2.45) is 0 Å². The Labute approximate surface area is 165 Å². The van der Waals surface area contributed by atoms with Crippen molar-refractivity contribution in [3.8, 4) is 5.75 Å². The molecule has 0 fully saturated rings. The molecule has 0 aliphatic carbocycles. The average Bonchev–Trinajstić information content (AvgIpc) is 2.59. The van der Waals surface area contributed by atoms with E-state index in [1.54, 1.807) is 18.2 Å². The fourth-order valence-electron chi connectivity index (χ4n) is 2.39. The molecule has 1 unspecified atom stereocenters. The molecule has 0 heterocycles. The van der Waals surface area contributed by atoms with Crippen LogP contribution in [0.25, 0.3) is 0 Å². The highest BCUT2D eigenvalue weighted by atomic mass is 79.9. The van der Waals surface area contributed by atoms with Crippen LogP contribution in [-0.2, 0) is 5.33 Å². The highest BCUT2D eigenvalue weighted by Gasteiger charge is 2.39. The summed E-state index contributed by atoms with van der Waals surface area (Å²) in [6.07, 6.45) is -1.18. The summed E-state index contributed by atoms with van der Waals surface area (Å²) in [5.74, 6) is 0.408. The highest BCUT2D eigenvalue weighted by molar-refractivity contribution is 9.08. The van der Waals surface area contributed by atoms with Gasteiger partial charge in [-0.15, -0.1) is 0 Å². The van der Waals surface area contributed by atoms with Gasteiger partial charge in [-0.2, -0.15) is 0 Å². The number of Topliss-reactive ketones (excluding diaryl/α,β-unsaturated/α-hetero) is 1. The van der Waals surface area contributed by atoms with Crippen molar-refractivity contribution >= 4 is 30.0 Å². The van der Waals surface area contributed by atoms with E-state index in [0.717, 1.165) is 11.3 Å². The summed E-state index contributed by atoms with van der Waals surface area (Å²) in [6.45, 7) is 10.9. The molecule has 0 bridgehead atoms. The first-order valence-electron chi connectivity index (χ1n) is 8.72. The summed E-state index contributed by atoms with van der Waals surface area (Å²) in [5, 5.41) is 11.1. The van der Waals surface area contributed by atoms with Gasteiger partial charge >= 0.3 is 0 Å². The monoisotopic (exact) mass is 434 g/mol. The van der Waals surface area contributed by atoms with Crippen LogP contribution in [0.3, 0.4) is 0 Å². The predicted molar refractivity (Wildman–Crippen MR) is 113 cm³/mol. The Morgan fingerprint density at radius 2 is 1.73 bits per heavy atom. The van der Waals surface area contributed by atoms with E-state index < -0.39 is 14.4 Å². The second-order valence-electron chi connectivity index (χ2n) is 7.96. The molecule has 0 aliphatic heterocycles. The Balaban J connectivity index is 2.41. The minimum Gasteiger partial charge on any atom is -0.543 e. The second kappa shape index (κ2) is 8.07. The SMILES string of the molecule is CC(C)(C)[Si](C)(C)Oc1cccc(C(=O)C(O)c2ccccc2)c1CBr. The Morgan fingerprint density at radius 1 is 1.12 bits per heavy atom. The number of halogens is 1. The van der Waals surface area contributed by atoms with E-state index in [1.807, 2.05) is 30.3 Å². The summed E-state index contributed by atoms with van der Waals surface area (Å²) >= 11 is 3.49. The quantitative estimate of drug-likeness (QED) is 0.350. The van der Waals surface area contributed by atoms with E-state index in [9.17, 15) is 9.90 Å². The lowest BCUT2D eigenvalue weighted by Crippen LogP contribution is -2.44. The summed E-state index contributed by atoms with van der Waals surface area (Å²) in [4.78, 5) is 12.9. The molecule has 2 aromatic carbocycles. The second-order valence-corrected chi connectivity index (χ2v) is 13.2. The van der Waals surface area contributed by atoms with E-state index in [2.05, 4.69) is 49.8 Å². The van der Waals surface area contributed by atoms with Gasteiger partial charge in [-0.25, -0.2) is 0 Å². The number of aliphatic hydroxyl groups is 1. The van der Waals surface area contributed by atoms with Crippen LogP contribution in [0.1, 0.15) is 48.4 Å². The number of ketones is 1. The van der Waals surface area contributed by atoms with Crippen molar-refractivity contribution < 1.29 is 14.3 Å². The zero-order chi connectivity index (χ0) is 19.5. The molecule has 1 N–H and O–H groups in total. The molecule has 0 amide bonds. The maximum absolute atomic E-state index is 12.9. The molecule has 5 heteroatoms. The highest BCUT2D eigenvalue weighted by Crippen LogP contribution is 2.39. The Bertz CT molecular complexity index is 767. The fraction of sp³-hybridized carbons (Fsp3) is 0.381. The fourth-order valence-corrected chi connectivity index (χ4v) is 4.02. The van der Waals surface area contributed by atoms with Crippen LogP contribution in [0.5, 0.6) is 5.75 Å². The molecule has 26 heavy (non-hydrogen) atoms. The molecule has 0 spiro atoms. The lowest BCUT2D eigenvalue weighted by Gasteiger charge is -2.37. The number of carbonyl (C=O) groups is 1. The van der Waals surface area contributed by atoms with Crippen LogP contribution >= 0.6 is 15.9 Å². The lowest BCUT2D eigenvalue weighted by molar-refractivity contribution is 0.0746. The molecule has 140 valence electrons. The van der Waals surface area contributed by atoms with Crippen LogP contribution in [0.4, 0.5) is 0 Å². The third-order valence-electron chi connectivity index (χ3n) is 5.07. The predicted octanol–water partition coefficient (Wildman–Crippen LogP) is 5.88. The molecule has 0 radical (unpaired) electrons. The molecule has 1 atom stereocenters. The van der Waals surface area contributed by atoms with Crippen molar-refractivity contribution in [3.05, 3.63) is 65.2 Å². The first-order chi connectivity index (χ1) is 12.1. The molecule has 2 rings (SSSR count). The average molecular weight is 435 g/mol. The van der Waals surface area contributed by atoms with Crippen LogP contribution in [0, 0.1) is 0 Å². The van der Waals surface area contributed by atoms with E-state index in [0.29, 0.717) is 16.5 Å². The van der Waals surface area contributed by atoms with E-state index >= 15 is 0 Å². The summed E-state index contributed by atoms with van der Waals surface area (Å²) in [6, 6.07) is 14.5. The number of benzene rings is 2. The van der Waals surface area contributed by atoms with Crippen molar-refractivity contribution in [2.75, 3.05) is 0 Å². The minimum atomic E-state index is -2.04. The first-order valence-corrected chi connectivity index (χ1v) is 12.8. The van der Waals surface area contributed by atoms with Gasteiger partial charge in [0.15, 0.2) is 5.78 Å².